The van der Waals surface area contributed by atoms with Gasteiger partial charge in [-0.15, -0.1) is 0 Å². The zero-order valence-electron chi connectivity index (χ0n) is 21.5. The minimum atomic E-state index is -0.953. The van der Waals surface area contributed by atoms with E-state index in [9.17, 15) is 19.5 Å². The minimum Gasteiger partial charge on any atom is -0.444 e. The summed E-state index contributed by atoms with van der Waals surface area (Å²) in [5.74, 6) is 5.02. The number of amides is 3. The average molecular weight is 506 g/mol. The smallest absolute Gasteiger partial charge is 0.408 e. The fourth-order valence-electron chi connectivity index (χ4n) is 3.70. The first-order valence-electron chi connectivity index (χ1n) is 11.6. The molecule has 0 aliphatic carbocycles. The Morgan fingerprint density at radius 2 is 1.89 bits per heavy atom. The molecule has 0 aromatic heterocycles. The number of likely N-dealkylation sites (tertiary alicyclic amines) is 1. The molecule has 3 amide bonds. The highest BCUT2D eigenvalue weighted by atomic mass is 35.5. The maximum Gasteiger partial charge on any atom is 0.408 e. The second kappa shape index (κ2) is 11.3. The van der Waals surface area contributed by atoms with Crippen molar-refractivity contribution in [3.8, 4) is 11.8 Å². The van der Waals surface area contributed by atoms with Crippen LogP contribution in [0.1, 0.15) is 59.1 Å². The molecule has 3 atom stereocenters. The van der Waals surface area contributed by atoms with Crippen LogP contribution in [-0.2, 0) is 14.3 Å². The summed E-state index contributed by atoms with van der Waals surface area (Å²) in [6.45, 7) is 12.6. The largest absolute Gasteiger partial charge is 0.444 e. The molecule has 1 aliphatic rings. The summed E-state index contributed by atoms with van der Waals surface area (Å²) in [4.78, 5) is 40.1. The maximum atomic E-state index is 13.5. The molecule has 1 fully saturated rings. The van der Waals surface area contributed by atoms with E-state index in [-0.39, 0.29) is 19.5 Å². The van der Waals surface area contributed by atoms with Gasteiger partial charge >= 0.3 is 6.09 Å². The first kappa shape index (κ1) is 28.5. The van der Waals surface area contributed by atoms with Crippen LogP contribution in [0.4, 0.5) is 4.79 Å². The molecule has 0 unspecified atom stereocenters. The van der Waals surface area contributed by atoms with Crippen LogP contribution in [-0.4, -0.2) is 64.8 Å². The van der Waals surface area contributed by atoms with Crippen molar-refractivity contribution in [2.75, 3.05) is 13.1 Å². The summed E-state index contributed by atoms with van der Waals surface area (Å²) in [6.07, 6.45) is -1.47. The van der Waals surface area contributed by atoms with E-state index >= 15 is 0 Å². The molecule has 1 aromatic carbocycles. The Kier molecular flexibility index (Phi) is 9.21. The van der Waals surface area contributed by atoms with E-state index in [1.165, 1.54) is 4.90 Å². The fraction of sp³-hybridized carbons (Fsp3) is 0.577. The van der Waals surface area contributed by atoms with Crippen molar-refractivity contribution in [3.05, 3.63) is 34.3 Å². The lowest BCUT2D eigenvalue weighted by Gasteiger charge is -2.35. The molecule has 3 N–H and O–H groups in total. The lowest BCUT2D eigenvalue weighted by molar-refractivity contribution is -0.142. The highest BCUT2D eigenvalue weighted by Crippen LogP contribution is 2.26. The molecule has 0 bridgehead atoms. The molecule has 8 nitrogen and oxygen atoms in total. The third-order valence-corrected chi connectivity index (χ3v) is 5.64. The normalized spacial score (nSPS) is 18.8. The molecule has 1 saturated heterocycles. The third kappa shape index (κ3) is 8.44. The number of benzene rings is 1. The molecule has 1 heterocycles. The fourth-order valence-corrected chi connectivity index (χ4v) is 3.93. The molecular formula is C26H36ClN3O5. The summed E-state index contributed by atoms with van der Waals surface area (Å²) in [5, 5.41) is 16.2. The molecular weight excluding hydrogens is 470 g/mol. The van der Waals surface area contributed by atoms with Crippen molar-refractivity contribution in [2.24, 2.45) is 5.41 Å². The molecule has 9 heteroatoms. The number of aliphatic hydroxyl groups is 1. The molecule has 2 rings (SSSR count). The molecule has 1 aromatic rings. The standard InChI is InChI=1S/C26H36ClN3O5/c1-16-13-18(27)11-10-17(16)9-8-12-28-22(32)20-14-19(31)15-30(20)23(33)21(25(2,3)4)29-24(34)35-26(5,6)7/h10-11,13,19-21,31H,12,14-15H2,1-7H3,(H,28,32)(H,29,34)/t19-,20+,21-/m1/s1. The summed E-state index contributed by atoms with van der Waals surface area (Å²) >= 11 is 5.96. The minimum absolute atomic E-state index is 0.00482. The first-order valence-corrected chi connectivity index (χ1v) is 12.0. The number of nitrogens with zero attached hydrogens (tertiary/aromatic N) is 1. The van der Waals surface area contributed by atoms with Crippen molar-refractivity contribution in [3.63, 3.8) is 0 Å². The SMILES string of the molecule is Cc1cc(Cl)ccc1C#CCNC(=O)[C@@H]1C[C@@H](O)CN1C(=O)[C@@H](NC(=O)OC(C)(C)C)C(C)(C)C. The van der Waals surface area contributed by atoms with Gasteiger partial charge in [-0.2, -0.15) is 0 Å². The Morgan fingerprint density at radius 1 is 1.23 bits per heavy atom. The number of halogens is 1. The van der Waals surface area contributed by atoms with Crippen LogP contribution in [0.25, 0.3) is 0 Å². The molecule has 0 radical (unpaired) electrons. The Bertz CT molecular complexity index is 1020. The number of β-amino-alcohol motifs (C(OH)–C–C–N with tert-alkyl or cyclic N) is 1. The van der Waals surface area contributed by atoms with Gasteiger partial charge in [0.1, 0.15) is 17.7 Å². The van der Waals surface area contributed by atoms with Gasteiger partial charge in [0.05, 0.1) is 12.6 Å². The van der Waals surface area contributed by atoms with E-state index < -0.39 is 47.1 Å². The van der Waals surface area contributed by atoms with Crippen LogP contribution < -0.4 is 10.6 Å². The predicted molar refractivity (Wildman–Crippen MR) is 135 cm³/mol. The van der Waals surface area contributed by atoms with E-state index in [1.54, 1.807) is 26.8 Å². The Morgan fingerprint density at radius 3 is 2.46 bits per heavy atom. The van der Waals surface area contributed by atoms with Gasteiger partial charge in [0.2, 0.25) is 11.8 Å². The van der Waals surface area contributed by atoms with Gasteiger partial charge in [-0.1, -0.05) is 44.2 Å². The zero-order chi connectivity index (χ0) is 26.6. The van der Waals surface area contributed by atoms with Crippen LogP contribution >= 0.6 is 11.6 Å². The molecule has 0 saturated carbocycles. The van der Waals surface area contributed by atoms with Gasteiger partial charge in [-0.3, -0.25) is 9.59 Å². The highest BCUT2D eigenvalue weighted by Gasteiger charge is 2.44. The highest BCUT2D eigenvalue weighted by molar-refractivity contribution is 6.30. The number of alkyl carbamates (subject to hydrolysis) is 1. The molecule has 192 valence electrons. The number of ether oxygens (including phenoxy) is 1. The van der Waals surface area contributed by atoms with E-state index in [4.69, 9.17) is 16.3 Å². The number of carbonyl (C=O) groups is 3. The van der Waals surface area contributed by atoms with Crippen molar-refractivity contribution in [2.45, 2.75) is 78.7 Å². The van der Waals surface area contributed by atoms with E-state index in [0.29, 0.717) is 5.02 Å². The van der Waals surface area contributed by atoms with E-state index in [0.717, 1.165) is 11.1 Å². The summed E-state index contributed by atoms with van der Waals surface area (Å²) in [5.41, 5.74) is 0.341. The van der Waals surface area contributed by atoms with Gasteiger partial charge < -0.3 is 25.4 Å². The topological polar surface area (TPSA) is 108 Å². The number of nitrogens with one attached hydrogen (secondary N) is 2. The second-order valence-electron chi connectivity index (χ2n) is 10.8. The van der Waals surface area contributed by atoms with Crippen molar-refractivity contribution in [1.29, 1.82) is 0 Å². The molecule has 1 aliphatic heterocycles. The maximum absolute atomic E-state index is 13.5. The van der Waals surface area contributed by atoms with Gasteiger partial charge in [0.15, 0.2) is 0 Å². The van der Waals surface area contributed by atoms with Crippen LogP contribution in [0.2, 0.25) is 5.02 Å². The number of aryl methyl sites for hydroxylation is 1. The number of hydrogen-bond donors (Lipinski definition) is 3. The third-order valence-electron chi connectivity index (χ3n) is 5.40. The number of aliphatic hydroxyl groups excluding tert-OH is 1. The predicted octanol–water partition coefficient (Wildman–Crippen LogP) is 3.02. The van der Waals surface area contributed by atoms with Crippen LogP contribution in [0.5, 0.6) is 0 Å². The van der Waals surface area contributed by atoms with Crippen LogP contribution in [0, 0.1) is 24.2 Å². The van der Waals surface area contributed by atoms with E-state index in [1.807, 2.05) is 39.8 Å². The lowest BCUT2D eigenvalue weighted by atomic mass is 9.85. The number of rotatable bonds is 4. The first-order chi connectivity index (χ1) is 16.1. The van der Waals surface area contributed by atoms with Crippen LogP contribution in [0.3, 0.4) is 0 Å². The number of carbonyl (C=O) groups excluding carboxylic acids is 3. The van der Waals surface area contributed by atoms with Crippen LogP contribution in [0.15, 0.2) is 18.2 Å². The Hall–Kier alpha value is -2.76. The van der Waals surface area contributed by atoms with Gasteiger partial charge in [0.25, 0.3) is 0 Å². The van der Waals surface area contributed by atoms with Crippen molar-refractivity contribution < 1.29 is 24.2 Å². The average Bonchev–Trinajstić information content (AvgIpc) is 3.10. The van der Waals surface area contributed by atoms with Gasteiger partial charge in [-0.05, 0) is 56.9 Å². The van der Waals surface area contributed by atoms with Crippen molar-refractivity contribution >= 4 is 29.5 Å². The quantitative estimate of drug-likeness (QED) is 0.545. The van der Waals surface area contributed by atoms with E-state index in [2.05, 4.69) is 22.5 Å². The Labute approximate surface area is 212 Å². The van der Waals surface area contributed by atoms with Gasteiger partial charge in [0, 0.05) is 23.6 Å². The Balaban J connectivity index is 2.10. The summed E-state index contributed by atoms with van der Waals surface area (Å²) in [7, 11) is 0. The molecule has 0 spiro atoms. The second-order valence-corrected chi connectivity index (χ2v) is 11.3. The summed E-state index contributed by atoms with van der Waals surface area (Å²) < 4.78 is 5.32. The zero-order valence-corrected chi connectivity index (χ0v) is 22.2. The van der Waals surface area contributed by atoms with Crippen molar-refractivity contribution in [1.82, 2.24) is 15.5 Å². The lowest BCUT2D eigenvalue weighted by Crippen LogP contribution is -2.58. The molecule has 35 heavy (non-hydrogen) atoms. The summed E-state index contributed by atoms with van der Waals surface area (Å²) in [6, 6.07) is 3.54. The van der Waals surface area contributed by atoms with Gasteiger partial charge in [-0.25, -0.2) is 4.79 Å². The monoisotopic (exact) mass is 505 g/mol. The number of hydrogen-bond acceptors (Lipinski definition) is 5.